The molecule has 1 amide bonds. The molecular formula is C20H22ClNO5. The van der Waals surface area contributed by atoms with Crippen molar-refractivity contribution in [1.29, 1.82) is 0 Å². The number of benzene rings is 2. The lowest BCUT2D eigenvalue weighted by Gasteiger charge is -2.19. The Kier molecular flexibility index (Phi) is 7.07. The van der Waals surface area contributed by atoms with Crippen molar-refractivity contribution >= 4 is 29.2 Å². The minimum absolute atomic E-state index is 0.0168. The SMILES string of the molecule is CCC(CC)Oc1cc(C(=O)Nc2ccc(C(=O)O)cc2)cc(Cl)c1OC. The standard InChI is InChI=1S/C20H22ClNO5/c1-4-15(5-2)27-17-11-13(10-16(21)18(17)26-3)19(23)22-14-8-6-12(7-9-14)20(24)25/h6-11,15H,4-5H2,1-3H3,(H,22,23)(H,24,25). The van der Waals surface area contributed by atoms with Gasteiger partial charge in [0.05, 0.1) is 23.8 Å². The van der Waals surface area contributed by atoms with Gasteiger partial charge < -0.3 is 19.9 Å². The number of methoxy groups -OCH3 is 1. The highest BCUT2D eigenvalue weighted by atomic mass is 35.5. The number of nitrogens with one attached hydrogen (secondary N) is 1. The van der Waals surface area contributed by atoms with Crippen LogP contribution in [0.5, 0.6) is 11.5 Å². The summed E-state index contributed by atoms with van der Waals surface area (Å²) >= 11 is 6.26. The van der Waals surface area contributed by atoms with Crippen molar-refractivity contribution in [1.82, 2.24) is 0 Å². The van der Waals surface area contributed by atoms with Crippen molar-refractivity contribution in [3.05, 3.63) is 52.5 Å². The lowest BCUT2D eigenvalue weighted by atomic mass is 10.1. The van der Waals surface area contributed by atoms with E-state index in [1.165, 1.54) is 37.4 Å². The maximum absolute atomic E-state index is 12.6. The van der Waals surface area contributed by atoms with Crippen LogP contribution >= 0.6 is 11.6 Å². The summed E-state index contributed by atoms with van der Waals surface area (Å²) in [7, 11) is 1.49. The summed E-state index contributed by atoms with van der Waals surface area (Å²) in [5.41, 5.74) is 0.921. The van der Waals surface area contributed by atoms with Gasteiger partial charge in [0.15, 0.2) is 11.5 Å². The van der Waals surface area contributed by atoms with E-state index in [-0.39, 0.29) is 16.7 Å². The molecule has 0 radical (unpaired) electrons. The molecule has 6 nitrogen and oxygen atoms in total. The molecule has 0 saturated carbocycles. The second-order valence-electron chi connectivity index (χ2n) is 5.88. The van der Waals surface area contributed by atoms with E-state index in [1.54, 1.807) is 6.07 Å². The molecule has 27 heavy (non-hydrogen) atoms. The molecule has 0 aliphatic carbocycles. The van der Waals surface area contributed by atoms with Crippen LogP contribution in [0, 0.1) is 0 Å². The number of hydrogen-bond donors (Lipinski definition) is 2. The first kappa shape index (κ1) is 20.6. The number of carbonyl (C=O) groups excluding carboxylic acids is 1. The Morgan fingerprint density at radius 1 is 1.11 bits per heavy atom. The molecule has 0 saturated heterocycles. The molecule has 0 fully saturated rings. The van der Waals surface area contributed by atoms with Gasteiger partial charge in [-0.1, -0.05) is 25.4 Å². The number of carbonyl (C=O) groups is 2. The normalized spacial score (nSPS) is 10.6. The maximum atomic E-state index is 12.6. The number of aromatic carboxylic acids is 1. The number of ether oxygens (including phenoxy) is 2. The monoisotopic (exact) mass is 391 g/mol. The minimum atomic E-state index is -1.03. The van der Waals surface area contributed by atoms with E-state index >= 15 is 0 Å². The van der Waals surface area contributed by atoms with Gasteiger partial charge in [0, 0.05) is 11.3 Å². The van der Waals surface area contributed by atoms with Gasteiger partial charge in [-0.2, -0.15) is 0 Å². The predicted molar refractivity (Wildman–Crippen MR) is 104 cm³/mol. The average Bonchev–Trinajstić information content (AvgIpc) is 2.66. The van der Waals surface area contributed by atoms with Crippen molar-refractivity contribution in [2.45, 2.75) is 32.8 Å². The van der Waals surface area contributed by atoms with E-state index in [0.717, 1.165) is 12.8 Å². The lowest BCUT2D eigenvalue weighted by molar-refractivity contribution is 0.0696. The summed E-state index contributed by atoms with van der Waals surface area (Å²) in [5.74, 6) is -0.633. The van der Waals surface area contributed by atoms with E-state index < -0.39 is 11.9 Å². The Balaban J connectivity index is 2.27. The van der Waals surface area contributed by atoms with Crippen molar-refractivity contribution in [2.24, 2.45) is 0 Å². The zero-order valence-electron chi connectivity index (χ0n) is 15.4. The van der Waals surface area contributed by atoms with Gasteiger partial charge in [-0.25, -0.2) is 4.79 Å². The zero-order chi connectivity index (χ0) is 20.0. The molecule has 0 aromatic heterocycles. The Hall–Kier alpha value is -2.73. The number of carboxylic acids is 1. The molecule has 0 atom stereocenters. The number of carboxylic acid groups (broad SMARTS) is 1. The van der Waals surface area contributed by atoms with E-state index in [4.69, 9.17) is 26.2 Å². The van der Waals surface area contributed by atoms with Gasteiger partial charge in [-0.15, -0.1) is 0 Å². The zero-order valence-corrected chi connectivity index (χ0v) is 16.2. The van der Waals surface area contributed by atoms with Gasteiger partial charge in [0.2, 0.25) is 0 Å². The van der Waals surface area contributed by atoms with Crippen LogP contribution in [0.1, 0.15) is 47.4 Å². The van der Waals surface area contributed by atoms with E-state index in [9.17, 15) is 9.59 Å². The number of anilines is 1. The van der Waals surface area contributed by atoms with Crippen LogP contribution in [-0.2, 0) is 0 Å². The quantitative estimate of drug-likeness (QED) is 0.670. The summed E-state index contributed by atoms with van der Waals surface area (Å²) in [6, 6.07) is 8.97. The highest BCUT2D eigenvalue weighted by Crippen LogP contribution is 2.37. The second kappa shape index (κ2) is 9.28. The van der Waals surface area contributed by atoms with Crippen LogP contribution in [0.2, 0.25) is 5.02 Å². The smallest absolute Gasteiger partial charge is 0.335 e. The molecule has 0 unspecified atom stereocenters. The minimum Gasteiger partial charge on any atom is -0.491 e. The molecule has 2 aromatic rings. The van der Waals surface area contributed by atoms with Crippen LogP contribution in [0.15, 0.2) is 36.4 Å². The lowest BCUT2D eigenvalue weighted by Crippen LogP contribution is -2.16. The van der Waals surface area contributed by atoms with Crippen molar-refractivity contribution in [3.8, 4) is 11.5 Å². The summed E-state index contributed by atoms with van der Waals surface area (Å²) in [6.07, 6.45) is 1.60. The molecule has 0 spiro atoms. The Morgan fingerprint density at radius 3 is 2.26 bits per heavy atom. The molecular weight excluding hydrogens is 370 g/mol. The number of rotatable bonds is 8. The van der Waals surface area contributed by atoms with Crippen molar-refractivity contribution < 1.29 is 24.2 Å². The second-order valence-corrected chi connectivity index (χ2v) is 6.29. The Bertz CT molecular complexity index is 816. The summed E-state index contributed by atoms with van der Waals surface area (Å²) in [4.78, 5) is 23.5. The first-order valence-electron chi connectivity index (χ1n) is 8.58. The van der Waals surface area contributed by atoms with Gasteiger partial charge >= 0.3 is 5.97 Å². The molecule has 2 N–H and O–H groups in total. The topological polar surface area (TPSA) is 84.9 Å². The highest BCUT2D eigenvalue weighted by Gasteiger charge is 2.18. The number of halogens is 1. The third-order valence-corrected chi connectivity index (χ3v) is 4.35. The Morgan fingerprint density at radius 2 is 1.74 bits per heavy atom. The van der Waals surface area contributed by atoms with Crippen LogP contribution in [-0.4, -0.2) is 30.2 Å². The number of amides is 1. The third kappa shape index (κ3) is 5.14. The van der Waals surface area contributed by atoms with E-state index in [1.807, 2.05) is 13.8 Å². The van der Waals surface area contributed by atoms with Crippen LogP contribution in [0.3, 0.4) is 0 Å². The first-order chi connectivity index (χ1) is 12.9. The third-order valence-electron chi connectivity index (χ3n) is 4.07. The molecule has 7 heteroatoms. The van der Waals surface area contributed by atoms with Crippen LogP contribution in [0.25, 0.3) is 0 Å². The fourth-order valence-electron chi connectivity index (χ4n) is 2.52. The first-order valence-corrected chi connectivity index (χ1v) is 8.96. The van der Waals surface area contributed by atoms with Gasteiger partial charge in [-0.05, 0) is 49.2 Å². The van der Waals surface area contributed by atoms with Crippen molar-refractivity contribution in [3.63, 3.8) is 0 Å². The van der Waals surface area contributed by atoms with E-state index in [2.05, 4.69) is 5.32 Å². The fourth-order valence-corrected chi connectivity index (χ4v) is 2.81. The average molecular weight is 392 g/mol. The maximum Gasteiger partial charge on any atom is 0.335 e. The largest absolute Gasteiger partial charge is 0.491 e. The summed E-state index contributed by atoms with van der Waals surface area (Å²) < 4.78 is 11.3. The number of hydrogen-bond acceptors (Lipinski definition) is 4. The summed E-state index contributed by atoms with van der Waals surface area (Å²) in [5, 5.41) is 11.9. The molecule has 0 aliphatic rings. The van der Waals surface area contributed by atoms with Gasteiger partial charge in [-0.3, -0.25) is 4.79 Å². The highest BCUT2D eigenvalue weighted by molar-refractivity contribution is 6.32. The van der Waals surface area contributed by atoms with Crippen LogP contribution < -0.4 is 14.8 Å². The fraction of sp³-hybridized carbons (Fsp3) is 0.300. The van der Waals surface area contributed by atoms with Gasteiger partial charge in [0.1, 0.15) is 0 Å². The molecule has 2 rings (SSSR count). The van der Waals surface area contributed by atoms with E-state index in [0.29, 0.717) is 22.7 Å². The molecule has 0 aliphatic heterocycles. The Labute approximate surface area is 163 Å². The molecule has 0 heterocycles. The van der Waals surface area contributed by atoms with Crippen molar-refractivity contribution in [2.75, 3.05) is 12.4 Å². The molecule has 0 bridgehead atoms. The predicted octanol–water partition coefficient (Wildman–Crippen LogP) is 4.87. The molecule has 144 valence electrons. The van der Waals surface area contributed by atoms with Gasteiger partial charge in [0.25, 0.3) is 5.91 Å². The summed E-state index contributed by atoms with van der Waals surface area (Å²) in [6.45, 7) is 4.03. The van der Waals surface area contributed by atoms with Crippen LogP contribution in [0.4, 0.5) is 5.69 Å². The molecule has 2 aromatic carbocycles.